The predicted octanol–water partition coefficient (Wildman–Crippen LogP) is 2.40. The number of hydrogen-bond acceptors (Lipinski definition) is 5. The summed E-state index contributed by atoms with van der Waals surface area (Å²) in [6, 6.07) is 3.09. The van der Waals surface area contributed by atoms with Crippen molar-refractivity contribution < 1.29 is 4.79 Å². The second kappa shape index (κ2) is 5.46. The van der Waals surface area contributed by atoms with Crippen molar-refractivity contribution in [3.05, 3.63) is 38.8 Å². The quantitative estimate of drug-likeness (QED) is 0.755. The van der Waals surface area contributed by atoms with Gasteiger partial charge in [-0.15, -0.1) is 11.3 Å². The van der Waals surface area contributed by atoms with E-state index in [4.69, 9.17) is 23.1 Å². The summed E-state index contributed by atoms with van der Waals surface area (Å²) in [5, 5.41) is 3.49. The third-order valence-electron chi connectivity index (χ3n) is 2.65. The van der Waals surface area contributed by atoms with Crippen LogP contribution in [0, 0.1) is 6.92 Å². The number of primary amides is 1. The van der Waals surface area contributed by atoms with Gasteiger partial charge >= 0.3 is 0 Å². The van der Waals surface area contributed by atoms with Gasteiger partial charge in [0.05, 0.1) is 34.0 Å². The number of halogens is 1. The highest BCUT2D eigenvalue weighted by Gasteiger charge is 2.13. The summed E-state index contributed by atoms with van der Waals surface area (Å²) in [6.45, 7) is 2.45. The van der Waals surface area contributed by atoms with Gasteiger partial charge in [-0.3, -0.25) is 4.79 Å². The monoisotopic (exact) mass is 296 g/mol. The summed E-state index contributed by atoms with van der Waals surface area (Å²) in [7, 11) is 0. The zero-order valence-corrected chi connectivity index (χ0v) is 11.8. The molecule has 0 aliphatic rings. The Hall–Kier alpha value is -1.79. The van der Waals surface area contributed by atoms with Crippen LogP contribution in [0.5, 0.6) is 0 Å². The van der Waals surface area contributed by atoms with E-state index in [1.807, 2.05) is 6.92 Å². The minimum Gasteiger partial charge on any atom is -0.399 e. The molecule has 5 nitrogen and oxygen atoms in total. The van der Waals surface area contributed by atoms with Gasteiger partial charge in [0.25, 0.3) is 5.91 Å². The van der Waals surface area contributed by atoms with E-state index in [1.165, 1.54) is 17.4 Å². The molecule has 7 heteroatoms. The van der Waals surface area contributed by atoms with Crippen LogP contribution in [-0.4, -0.2) is 10.9 Å². The topological polar surface area (TPSA) is 94.0 Å². The average molecular weight is 297 g/mol. The lowest BCUT2D eigenvalue weighted by molar-refractivity contribution is 0.100. The van der Waals surface area contributed by atoms with E-state index >= 15 is 0 Å². The molecule has 0 unspecified atom stereocenters. The maximum absolute atomic E-state index is 11.4. The van der Waals surface area contributed by atoms with Gasteiger partial charge in [0.15, 0.2) is 0 Å². The van der Waals surface area contributed by atoms with Gasteiger partial charge in [-0.05, 0) is 19.1 Å². The van der Waals surface area contributed by atoms with Crippen molar-refractivity contribution in [1.82, 2.24) is 4.98 Å². The van der Waals surface area contributed by atoms with E-state index in [9.17, 15) is 4.79 Å². The molecule has 19 heavy (non-hydrogen) atoms. The minimum absolute atomic E-state index is 0.284. The number of nitrogens with one attached hydrogen (secondary N) is 1. The van der Waals surface area contributed by atoms with E-state index < -0.39 is 5.91 Å². The first-order valence-electron chi connectivity index (χ1n) is 5.50. The third-order valence-corrected chi connectivity index (χ3v) is 3.88. The van der Waals surface area contributed by atoms with Gasteiger partial charge in [-0.2, -0.15) is 0 Å². The molecule has 0 saturated carbocycles. The molecule has 0 saturated heterocycles. The summed E-state index contributed by atoms with van der Waals surface area (Å²) >= 11 is 7.63. The fourth-order valence-corrected chi connectivity index (χ4v) is 2.68. The molecule has 0 aliphatic heterocycles. The lowest BCUT2D eigenvalue weighted by Crippen LogP contribution is -2.15. The van der Waals surface area contributed by atoms with Gasteiger partial charge in [0.1, 0.15) is 0 Å². The molecule has 100 valence electrons. The molecular weight excluding hydrogens is 284 g/mol. The Balaban J connectivity index is 2.29. The molecule has 0 spiro atoms. The fourth-order valence-electron chi connectivity index (χ4n) is 1.67. The SMILES string of the molecule is Cc1ncsc1CNc1c(Cl)cc(N)cc1C(N)=O. The van der Waals surface area contributed by atoms with Crippen LogP contribution in [0.3, 0.4) is 0 Å². The van der Waals surface area contributed by atoms with Gasteiger partial charge < -0.3 is 16.8 Å². The van der Waals surface area contributed by atoms with Gasteiger partial charge in [-0.25, -0.2) is 4.98 Å². The number of anilines is 2. The Morgan fingerprint density at radius 3 is 2.84 bits per heavy atom. The fraction of sp³-hybridized carbons (Fsp3) is 0.167. The number of carbonyl (C=O) groups is 1. The van der Waals surface area contributed by atoms with Crippen molar-refractivity contribution in [3.63, 3.8) is 0 Å². The first-order valence-corrected chi connectivity index (χ1v) is 6.76. The summed E-state index contributed by atoms with van der Waals surface area (Å²) in [6.07, 6.45) is 0. The van der Waals surface area contributed by atoms with Crippen molar-refractivity contribution in [1.29, 1.82) is 0 Å². The van der Waals surface area contributed by atoms with E-state index in [2.05, 4.69) is 10.3 Å². The van der Waals surface area contributed by atoms with Gasteiger partial charge in [0.2, 0.25) is 0 Å². The Labute approximate surface area is 119 Å². The molecule has 1 amide bonds. The molecule has 0 aliphatic carbocycles. The number of nitrogens with two attached hydrogens (primary N) is 2. The molecule has 5 N–H and O–H groups in total. The molecule has 2 rings (SSSR count). The van der Waals surface area contributed by atoms with Crippen molar-refractivity contribution >= 4 is 40.2 Å². The third kappa shape index (κ3) is 2.97. The number of carbonyl (C=O) groups excluding carboxylic acids is 1. The van der Waals surface area contributed by atoms with Crippen LogP contribution in [0.15, 0.2) is 17.6 Å². The molecule has 1 heterocycles. The maximum atomic E-state index is 11.4. The molecular formula is C12H13ClN4OS. The molecule has 0 radical (unpaired) electrons. The Morgan fingerprint density at radius 2 is 2.26 bits per heavy atom. The predicted molar refractivity (Wildman–Crippen MR) is 78.6 cm³/mol. The van der Waals surface area contributed by atoms with Gasteiger partial charge in [0, 0.05) is 10.6 Å². The number of aromatic nitrogens is 1. The lowest BCUT2D eigenvalue weighted by Gasteiger charge is -2.12. The minimum atomic E-state index is -0.572. The number of aryl methyl sites for hydroxylation is 1. The summed E-state index contributed by atoms with van der Waals surface area (Å²) in [5.74, 6) is -0.572. The van der Waals surface area contributed by atoms with Gasteiger partial charge in [-0.1, -0.05) is 11.6 Å². The van der Waals surface area contributed by atoms with Crippen LogP contribution in [0.2, 0.25) is 5.02 Å². The van der Waals surface area contributed by atoms with E-state index in [1.54, 1.807) is 11.6 Å². The summed E-state index contributed by atoms with van der Waals surface area (Å²) in [5.41, 5.74) is 14.9. The first kappa shape index (κ1) is 13.6. The Morgan fingerprint density at radius 1 is 1.53 bits per heavy atom. The molecule has 2 aromatic rings. The summed E-state index contributed by atoms with van der Waals surface area (Å²) < 4.78 is 0. The van der Waals surface area contributed by atoms with Crippen molar-refractivity contribution in [2.24, 2.45) is 5.73 Å². The van der Waals surface area contributed by atoms with E-state index in [0.717, 1.165) is 10.6 Å². The van der Waals surface area contributed by atoms with Crippen LogP contribution in [0.25, 0.3) is 0 Å². The molecule has 0 fully saturated rings. The maximum Gasteiger partial charge on any atom is 0.250 e. The van der Waals surface area contributed by atoms with Crippen LogP contribution < -0.4 is 16.8 Å². The molecule has 1 aromatic carbocycles. The first-order chi connectivity index (χ1) is 8.99. The number of nitrogen functional groups attached to an aromatic ring is 1. The number of thiazole rings is 1. The molecule has 0 atom stereocenters. The number of amides is 1. The number of benzene rings is 1. The standard InChI is InChI=1S/C12H13ClN4OS/c1-6-10(19-5-17-6)4-16-11-8(12(15)18)2-7(14)3-9(11)13/h2-3,5,16H,4,14H2,1H3,(H2,15,18). The Bertz CT molecular complexity index is 626. The van der Waals surface area contributed by atoms with Crippen LogP contribution in [-0.2, 0) is 6.54 Å². The molecule has 0 bridgehead atoms. The zero-order valence-electron chi connectivity index (χ0n) is 10.2. The van der Waals surface area contributed by atoms with Crippen LogP contribution >= 0.6 is 22.9 Å². The zero-order chi connectivity index (χ0) is 14.0. The highest BCUT2D eigenvalue weighted by molar-refractivity contribution is 7.09. The van der Waals surface area contributed by atoms with Crippen LogP contribution in [0.4, 0.5) is 11.4 Å². The second-order valence-corrected chi connectivity index (χ2v) is 5.35. The van der Waals surface area contributed by atoms with Crippen molar-refractivity contribution in [3.8, 4) is 0 Å². The Kier molecular flexibility index (Phi) is 3.92. The van der Waals surface area contributed by atoms with Crippen LogP contribution in [0.1, 0.15) is 20.9 Å². The van der Waals surface area contributed by atoms with E-state index in [0.29, 0.717) is 22.9 Å². The van der Waals surface area contributed by atoms with Crippen molar-refractivity contribution in [2.45, 2.75) is 13.5 Å². The largest absolute Gasteiger partial charge is 0.399 e. The number of hydrogen-bond donors (Lipinski definition) is 3. The normalized spacial score (nSPS) is 10.4. The number of nitrogens with zero attached hydrogens (tertiary/aromatic N) is 1. The number of rotatable bonds is 4. The highest BCUT2D eigenvalue weighted by Crippen LogP contribution is 2.30. The molecule has 1 aromatic heterocycles. The second-order valence-electron chi connectivity index (χ2n) is 4.00. The van der Waals surface area contributed by atoms with Crippen molar-refractivity contribution in [2.75, 3.05) is 11.1 Å². The lowest BCUT2D eigenvalue weighted by atomic mass is 10.1. The smallest absolute Gasteiger partial charge is 0.250 e. The average Bonchev–Trinajstić information content (AvgIpc) is 2.73. The highest BCUT2D eigenvalue weighted by atomic mass is 35.5. The van der Waals surface area contributed by atoms with E-state index in [-0.39, 0.29) is 5.56 Å². The summed E-state index contributed by atoms with van der Waals surface area (Å²) in [4.78, 5) is 16.6.